The molecular formula is C29H26N4O6S. The van der Waals surface area contributed by atoms with E-state index in [1.165, 1.54) is 33.2 Å². The highest BCUT2D eigenvalue weighted by molar-refractivity contribution is 7.12. The number of aromatic nitrogens is 2. The van der Waals surface area contributed by atoms with Crippen molar-refractivity contribution >= 4 is 28.9 Å². The Morgan fingerprint density at radius 1 is 0.975 bits per heavy atom. The topological polar surface area (TPSA) is 112 Å². The highest BCUT2D eigenvalue weighted by Gasteiger charge is 2.34. The van der Waals surface area contributed by atoms with E-state index in [-0.39, 0.29) is 17.8 Å². The van der Waals surface area contributed by atoms with Gasteiger partial charge in [0.2, 0.25) is 0 Å². The van der Waals surface area contributed by atoms with E-state index in [2.05, 4.69) is 10.2 Å². The van der Waals surface area contributed by atoms with E-state index in [1.807, 2.05) is 60.0 Å². The normalized spacial score (nSPS) is 14.5. The zero-order valence-corrected chi connectivity index (χ0v) is 22.7. The van der Waals surface area contributed by atoms with Crippen LogP contribution in [0.2, 0.25) is 0 Å². The molecule has 0 fully saturated rings. The highest BCUT2D eigenvalue weighted by Crippen LogP contribution is 2.37. The van der Waals surface area contributed by atoms with Crippen LogP contribution in [0.3, 0.4) is 0 Å². The third-order valence-corrected chi connectivity index (χ3v) is 7.26. The molecule has 1 amide bonds. The van der Waals surface area contributed by atoms with Gasteiger partial charge in [0.1, 0.15) is 0 Å². The van der Waals surface area contributed by atoms with Gasteiger partial charge in [-0.05, 0) is 40.8 Å². The van der Waals surface area contributed by atoms with E-state index in [9.17, 15) is 14.4 Å². The lowest BCUT2D eigenvalue weighted by molar-refractivity contribution is -0.136. The Balaban J connectivity index is 1.33. The first-order chi connectivity index (χ1) is 19.5. The Kier molecular flexibility index (Phi) is 8.02. The molecule has 5 rings (SSSR count). The second-order valence-corrected chi connectivity index (χ2v) is 9.82. The van der Waals surface area contributed by atoms with Crippen molar-refractivity contribution in [1.29, 1.82) is 0 Å². The van der Waals surface area contributed by atoms with E-state index in [1.54, 1.807) is 20.3 Å². The number of carbonyl (C=O) groups is 2. The maximum Gasteiger partial charge on any atom is 0.359 e. The molecule has 10 nitrogen and oxygen atoms in total. The monoisotopic (exact) mass is 558 g/mol. The predicted molar refractivity (Wildman–Crippen MR) is 149 cm³/mol. The number of carbonyl (C=O) groups excluding carboxylic acids is 2. The van der Waals surface area contributed by atoms with Gasteiger partial charge < -0.3 is 14.2 Å². The van der Waals surface area contributed by atoms with Crippen molar-refractivity contribution in [2.75, 3.05) is 20.8 Å². The lowest BCUT2D eigenvalue weighted by atomic mass is 10.0. The van der Waals surface area contributed by atoms with Crippen molar-refractivity contribution in [2.24, 2.45) is 5.10 Å². The Hall–Kier alpha value is -4.77. The molecular weight excluding hydrogens is 532 g/mol. The minimum atomic E-state index is -0.820. The molecule has 1 atom stereocenters. The second kappa shape index (κ2) is 12.0. The molecule has 2 aromatic carbocycles. The van der Waals surface area contributed by atoms with Crippen molar-refractivity contribution in [1.82, 2.24) is 14.8 Å². The fourth-order valence-electron chi connectivity index (χ4n) is 4.35. The van der Waals surface area contributed by atoms with Gasteiger partial charge in [0.15, 0.2) is 23.8 Å². The first-order valence-electron chi connectivity index (χ1n) is 12.4. The van der Waals surface area contributed by atoms with Crippen LogP contribution < -0.4 is 15.0 Å². The van der Waals surface area contributed by atoms with Gasteiger partial charge >= 0.3 is 5.97 Å². The van der Waals surface area contributed by atoms with E-state index < -0.39 is 24.5 Å². The number of ether oxygens (including phenoxy) is 3. The molecule has 204 valence electrons. The van der Waals surface area contributed by atoms with E-state index in [0.29, 0.717) is 17.9 Å². The molecule has 1 aliphatic rings. The van der Waals surface area contributed by atoms with E-state index >= 15 is 0 Å². The van der Waals surface area contributed by atoms with Crippen LogP contribution in [-0.4, -0.2) is 53.2 Å². The van der Waals surface area contributed by atoms with Crippen molar-refractivity contribution in [3.63, 3.8) is 0 Å². The zero-order valence-electron chi connectivity index (χ0n) is 21.9. The predicted octanol–water partition coefficient (Wildman–Crippen LogP) is 3.91. The number of nitrogens with zero attached hydrogens (tertiary/aromatic N) is 4. The van der Waals surface area contributed by atoms with Gasteiger partial charge in [0, 0.05) is 12.5 Å². The van der Waals surface area contributed by atoms with Crippen molar-refractivity contribution in [3.05, 3.63) is 110 Å². The van der Waals surface area contributed by atoms with Gasteiger partial charge in [-0.15, -0.1) is 11.3 Å². The fourth-order valence-corrected chi connectivity index (χ4v) is 5.07. The van der Waals surface area contributed by atoms with Crippen LogP contribution in [0, 0.1) is 0 Å². The summed E-state index contributed by atoms with van der Waals surface area (Å²) in [7, 11) is 3.10. The minimum Gasteiger partial charge on any atom is -0.493 e. The highest BCUT2D eigenvalue weighted by atomic mass is 32.1. The lowest BCUT2D eigenvalue weighted by Crippen LogP contribution is -2.32. The number of thiophene rings is 1. The molecule has 0 aliphatic carbocycles. The number of esters is 1. The van der Waals surface area contributed by atoms with Gasteiger partial charge in [0.05, 0.1) is 37.4 Å². The summed E-state index contributed by atoms with van der Waals surface area (Å²) in [5, 5.41) is 12.0. The number of hydrazone groups is 1. The number of amides is 1. The molecule has 4 aromatic rings. The van der Waals surface area contributed by atoms with Crippen molar-refractivity contribution < 1.29 is 23.8 Å². The number of benzene rings is 2. The van der Waals surface area contributed by atoms with Crippen LogP contribution in [0.25, 0.3) is 0 Å². The van der Waals surface area contributed by atoms with Gasteiger partial charge in [-0.2, -0.15) is 10.2 Å². The fraction of sp³-hybridized carbons (Fsp3) is 0.207. The minimum absolute atomic E-state index is 0.0797. The first-order valence-corrected chi connectivity index (χ1v) is 13.3. The molecule has 0 spiro atoms. The molecule has 0 bridgehead atoms. The number of hydrogen-bond donors (Lipinski definition) is 0. The van der Waals surface area contributed by atoms with Gasteiger partial charge in [0.25, 0.3) is 11.5 Å². The average Bonchev–Trinajstić information content (AvgIpc) is 3.68. The summed E-state index contributed by atoms with van der Waals surface area (Å²) in [5.41, 5.74) is 1.96. The lowest BCUT2D eigenvalue weighted by Gasteiger charge is -2.22. The maximum atomic E-state index is 13.3. The summed E-state index contributed by atoms with van der Waals surface area (Å²) in [5.74, 6) is -0.228. The Labute approximate surface area is 234 Å². The van der Waals surface area contributed by atoms with Crippen LogP contribution in [0.15, 0.2) is 88.1 Å². The van der Waals surface area contributed by atoms with Crippen LogP contribution in [0.5, 0.6) is 11.5 Å². The summed E-state index contributed by atoms with van der Waals surface area (Å²) in [6, 6.07) is 20.7. The summed E-state index contributed by atoms with van der Waals surface area (Å²) >= 11 is 1.53. The Morgan fingerprint density at radius 3 is 2.50 bits per heavy atom. The van der Waals surface area contributed by atoms with Crippen LogP contribution in [0.1, 0.15) is 39.0 Å². The summed E-state index contributed by atoms with van der Waals surface area (Å²) in [6.45, 7) is -0.357. The number of methoxy groups -OCH3 is 2. The summed E-state index contributed by atoms with van der Waals surface area (Å²) in [4.78, 5) is 39.4. The quantitative estimate of drug-likeness (QED) is 0.286. The molecule has 2 aromatic heterocycles. The SMILES string of the molecule is COc1ccc([C@@H]2CC(c3cccs3)=NN2C(=O)COC(=O)c2ccc(=O)n(Cc3ccccc3)n2)cc1OC. The van der Waals surface area contributed by atoms with Crippen molar-refractivity contribution in [2.45, 2.75) is 19.0 Å². The van der Waals surface area contributed by atoms with Crippen molar-refractivity contribution in [3.8, 4) is 11.5 Å². The number of rotatable bonds is 9. The standard InChI is InChI=1S/C29H26N4O6S/c1-37-24-12-10-20(15-25(24)38-2)23-16-22(26-9-6-14-40-26)31-33(23)28(35)18-39-29(36)21-11-13-27(34)32(30-21)17-19-7-4-3-5-8-19/h3-15,23H,16-18H2,1-2H3/t23-/m0/s1. The summed E-state index contributed by atoms with van der Waals surface area (Å²) < 4.78 is 17.3. The first kappa shape index (κ1) is 26.8. The van der Waals surface area contributed by atoms with Gasteiger partial charge in [-0.1, -0.05) is 42.5 Å². The molecule has 0 saturated carbocycles. The average molecular weight is 559 g/mol. The molecule has 0 saturated heterocycles. The molecule has 3 heterocycles. The van der Waals surface area contributed by atoms with Crippen LogP contribution in [0.4, 0.5) is 0 Å². The molecule has 40 heavy (non-hydrogen) atoms. The number of hydrogen-bond acceptors (Lipinski definition) is 9. The molecule has 1 aliphatic heterocycles. The summed E-state index contributed by atoms with van der Waals surface area (Å²) in [6.07, 6.45) is 0.474. The third-order valence-electron chi connectivity index (χ3n) is 6.34. The largest absolute Gasteiger partial charge is 0.493 e. The molecule has 11 heteroatoms. The van der Waals surface area contributed by atoms with E-state index in [4.69, 9.17) is 14.2 Å². The molecule has 0 unspecified atom stereocenters. The maximum absolute atomic E-state index is 13.3. The Morgan fingerprint density at radius 2 is 1.77 bits per heavy atom. The molecule has 0 N–H and O–H groups in total. The smallest absolute Gasteiger partial charge is 0.359 e. The zero-order chi connectivity index (χ0) is 28.1. The van der Waals surface area contributed by atoms with Gasteiger partial charge in [-0.3, -0.25) is 9.59 Å². The Bertz CT molecular complexity index is 1600. The third kappa shape index (κ3) is 5.79. The molecule has 0 radical (unpaired) electrons. The van der Waals surface area contributed by atoms with Crippen LogP contribution in [-0.2, 0) is 16.1 Å². The van der Waals surface area contributed by atoms with Crippen LogP contribution >= 0.6 is 11.3 Å². The van der Waals surface area contributed by atoms with E-state index in [0.717, 1.165) is 21.7 Å². The van der Waals surface area contributed by atoms with Gasteiger partial charge in [-0.25, -0.2) is 14.5 Å². The second-order valence-electron chi connectivity index (χ2n) is 8.87.